The van der Waals surface area contributed by atoms with Gasteiger partial charge < -0.3 is 10.2 Å². The Hall–Kier alpha value is -2.01. The number of thioether (sulfide) groups is 1. The predicted molar refractivity (Wildman–Crippen MR) is 102 cm³/mol. The van der Waals surface area contributed by atoms with Crippen molar-refractivity contribution >= 4 is 23.4 Å². The van der Waals surface area contributed by atoms with Crippen LogP contribution >= 0.6 is 11.8 Å². The van der Waals surface area contributed by atoms with Crippen LogP contribution < -0.4 is 10.2 Å². The molecule has 0 bridgehead atoms. The molecule has 1 saturated heterocycles. The van der Waals surface area contributed by atoms with E-state index in [1.807, 2.05) is 0 Å². The molecule has 0 spiro atoms. The Morgan fingerprint density at radius 1 is 1.00 bits per heavy atom. The third kappa shape index (κ3) is 5.49. The topological polar surface area (TPSA) is 32.3 Å². The summed E-state index contributed by atoms with van der Waals surface area (Å²) in [5, 5.41) is 2.95. The second-order valence-corrected chi connectivity index (χ2v) is 7.24. The lowest BCUT2D eigenvalue weighted by molar-refractivity contribution is -0.118. The van der Waals surface area contributed by atoms with Crippen LogP contribution in [0.25, 0.3) is 0 Å². The second kappa shape index (κ2) is 8.90. The van der Waals surface area contributed by atoms with E-state index in [-0.39, 0.29) is 11.7 Å². The predicted octanol–water partition coefficient (Wildman–Crippen LogP) is 3.98. The van der Waals surface area contributed by atoms with E-state index in [4.69, 9.17) is 0 Å². The summed E-state index contributed by atoms with van der Waals surface area (Å²) in [6.45, 7) is 2.83. The summed E-state index contributed by atoms with van der Waals surface area (Å²) in [6, 6.07) is 14.8. The summed E-state index contributed by atoms with van der Waals surface area (Å²) < 4.78 is 12.8. The minimum Gasteiger partial charge on any atom is -0.372 e. The van der Waals surface area contributed by atoms with Gasteiger partial charge in [0.1, 0.15) is 5.82 Å². The van der Waals surface area contributed by atoms with Crippen LogP contribution in [0.3, 0.4) is 0 Å². The Morgan fingerprint density at radius 2 is 1.64 bits per heavy atom. The quantitative estimate of drug-likeness (QED) is 0.813. The van der Waals surface area contributed by atoms with E-state index in [9.17, 15) is 9.18 Å². The second-order valence-electron chi connectivity index (χ2n) is 6.26. The fourth-order valence-corrected chi connectivity index (χ4v) is 3.71. The fourth-order valence-electron chi connectivity index (χ4n) is 2.89. The molecule has 1 N–H and O–H groups in total. The number of nitrogens with zero attached hydrogens (tertiary/aromatic N) is 1. The molecule has 3 nitrogen and oxygen atoms in total. The summed E-state index contributed by atoms with van der Waals surface area (Å²) in [6.07, 6.45) is 2.54. The largest absolute Gasteiger partial charge is 0.372 e. The molecule has 132 valence electrons. The van der Waals surface area contributed by atoms with E-state index in [2.05, 4.69) is 34.5 Å². The molecule has 0 radical (unpaired) electrons. The molecule has 2 aromatic rings. The Bertz CT molecular complexity index is 682. The number of carbonyl (C=O) groups excluding carboxylic acids is 1. The van der Waals surface area contributed by atoms with Crippen molar-refractivity contribution in [1.82, 2.24) is 5.32 Å². The highest BCUT2D eigenvalue weighted by atomic mass is 32.2. The van der Waals surface area contributed by atoms with Crippen LogP contribution in [-0.2, 0) is 17.1 Å². The maximum absolute atomic E-state index is 12.8. The van der Waals surface area contributed by atoms with Crippen LogP contribution in [0.15, 0.2) is 48.5 Å². The number of hydrogen-bond acceptors (Lipinski definition) is 3. The van der Waals surface area contributed by atoms with Gasteiger partial charge in [-0.05, 0) is 48.2 Å². The average molecular weight is 358 g/mol. The van der Waals surface area contributed by atoms with Crippen LogP contribution in [0.4, 0.5) is 10.1 Å². The van der Waals surface area contributed by atoms with Gasteiger partial charge in [0.25, 0.3) is 0 Å². The molecular weight excluding hydrogens is 335 g/mol. The lowest BCUT2D eigenvalue weighted by Gasteiger charge is -2.17. The fraction of sp³-hybridized carbons (Fsp3) is 0.350. The summed E-state index contributed by atoms with van der Waals surface area (Å²) in [7, 11) is 0. The van der Waals surface area contributed by atoms with Gasteiger partial charge in [-0.3, -0.25) is 4.79 Å². The standard InChI is InChI=1S/C20H23FN2OS/c21-18-7-3-17(4-8-18)14-25-15-20(24)22-13-16-5-9-19(10-6-16)23-11-1-2-12-23/h3-10H,1-2,11-15H2,(H,22,24). The van der Waals surface area contributed by atoms with Gasteiger partial charge in [-0.1, -0.05) is 24.3 Å². The lowest BCUT2D eigenvalue weighted by Crippen LogP contribution is -2.24. The molecule has 0 unspecified atom stereocenters. The Labute approximate surface area is 152 Å². The van der Waals surface area contributed by atoms with E-state index in [1.54, 1.807) is 12.1 Å². The van der Waals surface area contributed by atoms with Crippen molar-refractivity contribution in [1.29, 1.82) is 0 Å². The molecule has 1 fully saturated rings. The molecule has 1 amide bonds. The number of nitrogens with one attached hydrogen (secondary N) is 1. The minimum atomic E-state index is -0.234. The van der Waals surface area contributed by atoms with Crippen LogP contribution in [0.5, 0.6) is 0 Å². The van der Waals surface area contributed by atoms with E-state index in [1.165, 1.54) is 42.4 Å². The molecule has 1 aliphatic rings. The van der Waals surface area contributed by atoms with Crippen molar-refractivity contribution in [3.63, 3.8) is 0 Å². The van der Waals surface area contributed by atoms with Crippen molar-refractivity contribution in [3.8, 4) is 0 Å². The van der Waals surface area contributed by atoms with Gasteiger partial charge >= 0.3 is 0 Å². The molecule has 25 heavy (non-hydrogen) atoms. The number of benzene rings is 2. The van der Waals surface area contributed by atoms with Crippen LogP contribution in [0.1, 0.15) is 24.0 Å². The van der Waals surface area contributed by atoms with E-state index in [0.717, 1.165) is 24.2 Å². The summed E-state index contributed by atoms with van der Waals surface area (Å²) in [4.78, 5) is 14.3. The molecule has 2 aromatic carbocycles. The van der Waals surface area contributed by atoms with Crippen molar-refractivity contribution in [2.75, 3.05) is 23.7 Å². The Balaban J connectivity index is 1.37. The number of halogens is 1. The SMILES string of the molecule is O=C(CSCc1ccc(F)cc1)NCc1ccc(N2CCCC2)cc1. The van der Waals surface area contributed by atoms with Crippen molar-refractivity contribution in [2.24, 2.45) is 0 Å². The van der Waals surface area contributed by atoms with Crippen LogP contribution in [-0.4, -0.2) is 24.7 Å². The van der Waals surface area contributed by atoms with Crippen molar-refractivity contribution in [2.45, 2.75) is 25.1 Å². The number of carbonyl (C=O) groups is 1. The first kappa shape index (κ1) is 17.8. The minimum absolute atomic E-state index is 0.0238. The third-order valence-corrected chi connectivity index (χ3v) is 5.32. The van der Waals surface area contributed by atoms with Gasteiger partial charge in [0.05, 0.1) is 5.75 Å². The molecule has 0 saturated carbocycles. The van der Waals surface area contributed by atoms with Gasteiger partial charge in [0.2, 0.25) is 5.91 Å². The monoisotopic (exact) mass is 358 g/mol. The van der Waals surface area contributed by atoms with Gasteiger partial charge in [-0.25, -0.2) is 4.39 Å². The van der Waals surface area contributed by atoms with Crippen LogP contribution in [0.2, 0.25) is 0 Å². The highest BCUT2D eigenvalue weighted by Crippen LogP contribution is 2.20. The normalized spacial score (nSPS) is 13.9. The zero-order chi connectivity index (χ0) is 17.5. The smallest absolute Gasteiger partial charge is 0.230 e. The number of hydrogen-bond donors (Lipinski definition) is 1. The van der Waals surface area contributed by atoms with Gasteiger partial charge in [-0.2, -0.15) is 0 Å². The van der Waals surface area contributed by atoms with E-state index < -0.39 is 0 Å². The summed E-state index contributed by atoms with van der Waals surface area (Å²) in [5.74, 6) is 0.902. The molecule has 1 aliphatic heterocycles. The first-order chi connectivity index (χ1) is 12.2. The molecular formula is C20H23FN2OS. The maximum atomic E-state index is 12.8. The number of amides is 1. The molecule has 1 heterocycles. The zero-order valence-electron chi connectivity index (χ0n) is 14.2. The molecule has 3 rings (SSSR count). The summed E-state index contributed by atoms with van der Waals surface area (Å²) >= 11 is 1.53. The van der Waals surface area contributed by atoms with E-state index in [0.29, 0.717) is 18.1 Å². The van der Waals surface area contributed by atoms with Gasteiger partial charge in [0, 0.05) is 31.1 Å². The summed E-state index contributed by atoms with van der Waals surface area (Å²) in [5.41, 5.74) is 3.40. The first-order valence-electron chi connectivity index (χ1n) is 8.63. The average Bonchev–Trinajstić information content (AvgIpc) is 3.17. The molecule has 0 aromatic heterocycles. The lowest BCUT2D eigenvalue weighted by atomic mass is 10.2. The third-order valence-electron chi connectivity index (χ3n) is 4.31. The van der Waals surface area contributed by atoms with Crippen LogP contribution in [0, 0.1) is 5.82 Å². The van der Waals surface area contributed by atoms with Gasteiger partial charge in [0.15, 0.2) is 0 Å². The molecule has 0 atom stereocenters. The Morgan fingerprint density at radius 3 is 2.32 bits per heavy atom. The molecule has 5 heteroatoms. The van der Waals surface area contributed by atoms with Crippen molar-refractivity contribution in [3.05, 3.63) is 65.5 Å². The highest BCUT2D eigenvalue weighted by Gasteiger charge is 2.11. The highest BCUT2D eigenvalue weighted by molar-refractivity contribution is 7.99. The number of rotatable bonds is 7. The first-order valence-corrected chi connectivity index (χ1v) is 9.79. The van der Waals surface area contributed by atoms with Gasteiger partial charge in [-0.15, -0.1) is 11.8 Å². The molecule has 0 aliphatic carbocycles. The van der Waals surface area contributed by atoms with Crippen molar-refractivity contribution < 1.29 is 9.18 Å². The Kier molecular flexibility index (Phi) is 6.34. The zero-order valence-corrected chi connectivity index (χ0v) is 15.0. The number of anilines is 1. The van der Waals surface area contributed by atoms with E-state index >= 15 is 0 Å². The maximum Gasteiger partial charge on any atom is 0.230 e.